The molecule has 0 aliphatic carbocycles. The van der Waals surface area contributed by atoms with Gasteiger partial charge in [-0.1, -0.05) is 12.5 Å². The van der Waals surface area contributed by atoms with Crippen LogP contribution in [-0.4, -0.2) is 17.6 Å². The minimum absolute atomic E-state index is 0.434. The monoisotopic (exact) mass is 210 g/mol. The van der Waals surface area contributed by atoms with Crippen molar-refractivity contribution in [2.75, 3.05) is 6.54 Å². The zero-order valence-electron chi connectivity index (χ0n) is 9.29. The third-order valence-corrected chi connectivity index (χ3v) is 3.09. The summed E-state index contributed by atoms with van der Waals surface area (Å²) in [7, 11) is 0. The van der Waals surface area contributed by atoms with Crippen LogP contribution in [-0.2, 0) is 0 Å². The molecule has 1 unspecified atom stereocenters. The number of aryl methyl sites for hydroxylation is 1. The van der Waals surface area contributed by atoms with Crippen LogP contribution in [0.15, 0.2) is 11.0 Å². The van der Waals surface area contributed by atoms with Crippen LogP contribution >= 0.6 is 11.3 Å². The van der Waals surface area contributed by atoms with Gasteiger partial charge in [0, 0.05) is 17.1 Å². The average molecular weight is 210 g/mol. The fourth-order valence-electron chi connectivity index (χ4n) is 1.23. The van der Waals surface area contributed by atoms with Gasteiger partial charge in [0.1, 0.15) is 5.01 Å². The zero-order chi connectivity index (χ0) is 10.6. The van der Waals surface area contributed by atoms with Gasteiger partial charge in [0.2, 0.25) is 0 Å². The quantitative estimate of drug-likeness (QED) is 0.826. The van der Waals surface area contributed by atoms with E-state index in [1.807, 2.05) is 6.92 Å². The first kappa shape index (κ1) is 11.4. The summed E-state index contributed by atoms with van der Waals surface area (Å²) in [6, 6.07) is 0.434. The van der Waals surface area contributed by atoms with E-state index in [-0.39, 0.29) is 0 Å². The van der Waals surface area contributed by atoms with Crippen LogP contribution in [0.5, 0.6) is 0 Å². The number of likely N-dealkylation sites (N-methyl/N-ethyl adjacent to an activating group) is 1. The summed E-state index contributed by atoms with van der Waals surface area (Å²) in [5, 5.41) is 6.56. The van der Waals surface area contributed by atoms with Gasteiger partial charge in [0.15, 0.2) is 0 Å². The van der Waals surface area contributed by atoms with Crippen LogP contribution in [0.4, 0.5) is 0 Å². The lowest BCUT2D eigenvalue weighted by Gasteiger charge is -2.12. The number of nitrogens with zero attached hydrogens (tertiary/aromatic N) is 1. The number of hydrogen-bond donors (Lipinski definition) is 1. The standard InChI is InChI=1S/C11H18N2S/c1-5-12-10(4)8(2)6-11-13-9(3)7-14-11/h6-7,10,12H,5H2,1-4H3. The summed E-state index contributed by atoms with van der Waals surface area (Å²) < 4.78 is 0. The predicted molar refractivity (Wildman–Crippen MR) is 63.6 cm³/mol. The molecule has 3 heteroatoms. The molecule has 1 aromatic rings. The molecule has 0 bridgehead atoms. The minimum atomic E-state index is 0.434. The molecule has 0 aliphatic heterocycles. The van der Waals surface area contributed by atoms with Crippen LogP contribution in [0.3, 0.4) is 0 Å². The second kappa shape index (κ2) is 5.27. The van der Waals surface area contributed by atoms with E-state index in [1.54, 1.807) is 11.3 Å². The summed E-state index contributed by atoms with van der Waals surface area (Å²) in [4.78, 5) is 4.41. The van der Waals surface area contributed by atoms with Crippen molar-refractivity contribution in [2.24, 2.45) is 0 Å². The van der Waals surface area contributed by atoms with Crippen molar-refractivity contribution >= 4 is 17.4 Å². The molecular formula is C11H18N2S. The normalized spacial score (nSPS) is 14.4. The molecule has 14 heavy (non-hydrogen) atoms. The molecule has 1 N–H and O–H groups in total. The van der Waals surface area contributed by atoms with Crippen LogP contribution in [0.2, 0.25) is 0 Å². The molecule has 0 amide bonds. The predicted octanol–water partition coefficient (Wildman–Crippen LogP) is 2.85. The molecule has 0 aromatic carbocycles. The van der Waals surface area contributed by atoms with E-state index in [0.717, 1.165) is 17.2 Å². The minimum Gasteiger partial charge on any atom is -0.311 e. The summed E-state index contributed by atoms with van der Waals surface area (Å²) in [5.74, 6) is 0. The Morgan fingerprint density at radius 2 is 2.43 bits per heavy atom. The van der Waals surface area contributed by atoms with Crippen molar-refractivity contribution in [3.05, 3.63) is 21.7 Å². The first-order valence-corrected chi connectivity index (χ1v) is 5.85. The molecule has 2 nitrogen and oxygen atoms in total. The molecule has 0 fully saturated rings. The number of aromatic nitrogens is 1. The molecule has 1 aromatic heterocycles. The van der Waals surface area contributed by atoms with Gasteiger partial charge in [0.25, 0.3) is 0 Å². The summed E-state index contributed by atoms with van der Waals surface area (Å²) >= 11 is 1.70. The van der Waals surface area contributed by atoms with Crippen molar-refractivity contribution in [2.45, 2.75) is 33.7 Å². The SMILES string of the molecule is CCNC(C)C(C)=Cc1nc(C)cs1. The number of rotatable bonds is 4. The van der Waals surface area contributed by atoms with Gasteiger partial charge in [-0.3, -0.25) is 0 Å². The Morgan fingerprint density at radius 3 is 2.93 bits per heavy atom. The van der Waals surface area contributed by atoms with Crippen LogP contribution in [0.1, 0.15) is 31.5 Å². The first-order chi connectivity index (χ1) is 6.63. The van der Waals surface area contributed by atoms with Crippen LogP contribution in [0.25, 0.3) is 6.08 Å². The molecule has 0 aliphatic rings. The topological polar surface area (TPSA) is 24.9 Å². The highest BCUT2D eigenvalue weighted by molar-refractivity contribution is 7.10. The Bertz CT molecular complexity index is 315. The van der Waals surface area contributed by atoms with Gasteiger partial charge in [-0.25, -0.2) is 4.98 Å². The number of hydrogen-bond acceptors (Lipinski definition) is 3. The molecule has 0 saturated heterocycles. The fraction of sp³-hybridized carbons (Fsp3) is 0.545. The molecule has 1 atom stereocenters. The summed E-state index contributed by atoms with van der Waals surface area (Å²) in [6.07, 6.45) is 2.16. The Hall–Kier alpha value is -0.670. The van der Waals surface area contributed by atoms with E-state index in [1.165, 1.54) is 5.57 Å². The van der Waals surface area contributed by atoms with E-state index in [2.05, 4.69) is 42.5 Å². The Morgan fingerprint density at radius 1 is 1.71 bits per heavy atom. The van der Waals surface area contributed by atoms with Gasteiger partial charge in [0.05, 0.1) is 0 Å². The van der Waals surface area contributed by atoms with Crippen molar-refractivity contribution in [3.8, 4) is 0 Å². The lowest BCUT2D eigenvalue weighted by molar-refractivity contribution is 0.636. The van der Waals surface area contributed by atoms with E-state index in [4.69, 9.17) is 0 Å². The molecule has 78 valence electrons. The summed E-state index contributed by atoms with van der Waals surface area (Å²) in [5.41, 5.74) is 2.44. The Labute approximate surface area is 90.1 Å². The Balaban J connectivity index is 2.67. The average Bonchev–Trinajstić information content (AvgIpc) is 2.51. The molecular weight excluding hydrogens is 192 g/mol. The second-order valence-corrected chi connectivity index (χ2v) is 4.38. The molecule has 0 saturated carbocycles. The molecule has 0 spiro atoms. The van der Waals surface area contributed by atoms with Gasteiger partial charge in [-0.15, -0.1) is 11.3 Å². The highest BCUT2D eigenvalue weighted by Gasteiger charge is 2.02. The Kier molecular flexibility index (Phi) is 4.29. The van der Waals surface area contributed by atoms with Gasteiger partial charge in [-0.05, 0) is 33.4 Å². The van der Waals surface area contributed by atoms with Gasteiger partial charge >= 0.3 is 0 Å². The highest BCUT2D eigenvalue weighted by Crippen LogP contribution is 2.14. The van der Waals surface area contributed by atoms with E-state index < -0.39 is 0 Å². The zero-order valence-corrected chi connectivity index (χ0v) is 10.1. The van der Waals surface area contributed by atoms with Crippen molar-refractivity contribution in [1.29, 1.82) is 0 Å². The molecule has 1 heterocycles. The lowest BCUT2D eigenvalue weighted by Crippen LogP contribution is -2.26. The summed E-state index contributed by atoms with van der Waals surface area (Å²) in [6.45, 7) is 9.47. The lowest BCUT2D eigenvalue weighted by atomic mass is 10.1. The van der Waals surface area contributed by atoms with Crippen molar-refractivity contribution in [1.82, 2.24) is 10.3 Å². The van der Waals surface area contributed by atoms with Crippen molar-refractivity contribution in [3.63, 3.8) is 0 Å². The number of nitrogens with one attached hydrogen (secondary N) is 1. The van der Waals surface area contributed by atoms with Crippen LogP contribution < -0.4 is 5.32 Å². The first-order valence-electron chi connectivity index (χ1n) is 4.97. The van der Waals surface area contributed by atoms with E-state index >= 15 is 0 Å². The number of thiazole rings is 1. The maximum atomic E-state index is 4.41. The molecule has 0 radical (unpaired) electrons. The fourth-order valence-corrected chi connectivity index (χ4v) is 2.02. The maximum Gasteiger partial charge on any atom is 0.116 e. The van der Waals surface area contributed by atoms with E-state index in [9.17, 15) is 0 Å². The van der Waals surface area contributed by atoms with Crippen molar-refractivity contribution < 1.29 is 0 Å². The van der Waals surface area contributed by atoms with E-state index in [0.29, 0.717) is 6.04 Å². The largest absolute Gasteiger partial charge is 0.311 e. The highest BCUT2D eigenvalue weighted by atomic mass is 32.1. The van der Waals surface area contributed by atoms with Gasteiger partial charge in [-0.2, -0.15) is 0 Å². The van der Waals surface area contributed by atoms with Gasteiger partial charge < -0.3 is 5.32 Å². The second-order valence-electron chi connectivity index (χ2n) is 3.49. The molecule has 1 rings (SSSR count). The van der Waals surface area contributed by atoms with Crippen LogP contribution in [0, 0.1) is 6.92 Å². The smallest absolute Gasteiger partial charge is 0.116 e. The third-order valence-electron chi connectivity index (χ3n) is 2.18. The third kappa shape index (κ3) is 3.24. The maximum absolute atomic E-state index is 4.41.